The molecule has 2 aromatic rings. The van der Waals surface area contributed by atoms with Gasteiger partial charge in [-0.1, -0.05) is 15.9 Å². The van der Waals surface area contributed by atoms with Crippen LogP contribution >= 0.6 is 15.9 Å². The Balaban J connectivity index is 1.89. The van der Waals surface area contributed by atoms with Crippen LogP contribution in [0.3, 0.4) is 0 Å². The van der Waals surface area contributed by atoms with E-state index in [1.807, 2.05) is 17.2 Å². The first-order valence-corrected chi connectivity index (χ1v) is 7.07. The molecule has 0 unspecified atom stereocenters. The number of carbonyl (C=O) groups excluding carboxylic acids is 1. The predicted molar refractivity (Wildman–Crippen MR) is 78.3 cm³/mol. The predicted octanol–water partition coefficient (Wildman–Crippen LogP) is 1.99. The number of fused-ring (bicyclic) bond motifs is 1. The van der Waals surface area contributed by atoms with Gasteiger partial charge in [-0.2, -0.15) is 5.10 Å². The lowest BCUT2D eigenvalue weighted by Gasteiger charge is -2.36. The van der Waals surface area contributed by atoms with Gasteiger partial charge in [0.25, 0.3) is 0 Å². The fraction of sp³-hybridized carbons (Fsp3) is 0.385. The maximum Gasteiger partial charge on any atom is 0.219 e. The molecule has 3 rings (SSSR count). The number of piperazine rings is 1. The molecule has 0 saturated carbocycles. The van der Waals surface area contributed by atoms with E-state index in [1.165, 1.54) is 5.69 Å². The Morgan fingerprint density at radius 2 is 2.05 bits per heavy atom. The molecule has 1 aliphatic heterocycles. The van der Waals surface area contributed by atoms with Gasteiger partial charge in [-0.3, -0.25) is 9.89 Å². The van der Waals surface area contributed by atoms with Gasteiger partial charge < -0.3 is 9.80 Å². The van der Waals surface area contributed by atoms with E-state index in [0.29, 0.717) is 0 Å². The summed E-state index contributed by atoms with van der Waals surface area (Å²) in [6.45, 7) is 4.90. The number of H-pyrrole nitrogens is 1. The van der Waals surface area contributed by atoms with Crippen LogP contribution in [0.4, 0.5) is 5.69 Å². The Morgan fingerprint density at radius 3 is 2.74 bits per heavy atom. The van der Waals surface area contributed by atoms with Crippen molar-refractivity contribution in [1.29, 1.82) is 0 Å². The maximum atomic E-state index is 11.4. The molecule has 0 atom stereocenters. The third kappa shape index (κ3) is 2.32. The minimum absolute atomic E-state index is 0.155. The summed E-state index contributed by atoms with van der Waals surface area (Å²) in [6, 6.07) is 4.14. The average molecular weight is 323 g/mol. The van der Waals surface area contributed by atoms with Crippen LogP contribution in [0, 0.1) is 0 Å². The second-order valence-corrected chi connectivity index (χ2v) is 5.66. The number of halogens is 1. The normalized spacial score (nSPS) is 16.1. The summed E-state index contributed by atoms with van der Waals surface area (Å²) in [5.74, 6) is 0.155. The molecule has 19 heavy (non-hydrogen) atoms. The quantitative estimate of drug-likeness (QED) is 0.873. The number of aromatic amines is 1. The van der Waals surface area contributed by atoms with E-state index < -0.39 is 0 Å². The highest BCUT2D eigenvalue weighted by molar-refractivity contribution is 9.10. The molecule has 0 bridgehead atoms. The van der Waals surface area contributed by atoms with Gasteiger partial charge in [0.1, 0.15) is 0 Å². The Morgan fingerprint density at radius 1 is 1.32 bits per heavy atom. The van der Waals surface area contributed by atoms with Crippen molar-refractivity contribution in [2.24, 2.45) is 0 Å². The standard InChI is InChI=1S/C13H15BrN4O/c1-9(19)17-2-4-18(5-3-17)13-7-10(14)6-12-11(13)8-15-16-12/h6-8H,2-5H2,1H3,(H,15,16). The fourth-order valence-corrected chi connectivity index (χ4v) is 2.97. The van der Waals surface area contributed by atoms with Crippen LogP contribution in [0.15, 0.2) is 22.8 Å². The number of rotatable bonds is 1. The van der Waals surface area contributed by atoms with E-state index in [1.54, 1.807) is 6.92 Å². The second kappa shape index (κ2) is 4.85. The fourth-order valence-electron chi connectivity index (χ4n) is 2.52. The molecule has 100 valence electrons. The first-order chi connectivity index (χ1) is 9.15. The molecule has 1 aromatic heterocycles. The number of amides is 1. The second-order valence-electron chi connectivity index (χ2n) is 4.75. The molecule has 1 fully saturated rings. The Bertz CT molecular complexity index is 616. The molecule has 5 nitrogen and oxygen atoms in total. The van der Waals surface area contributed by atoms with Gasteiger partial charge in [-0.05, 0) is 12.1 Å². The van der Waals surface area contributed by atoms with Gasteiger partial charge in [0, 0.05) is 48.6 Å². The largest absolute Gasteiger partial charge is 0.367 e. The number of aromatic nitrogens is 2. The minimum atomic E-state index is 0.155. The zero-order valence-electron chi connectivity index (χ0n) is 10.7. The van der Waals surface area contributed by atoms with Crippen molar-refractivity contribution in [3.63, 3.8) is 0 Å². The van der Waals surface area contributed by atoms with E-state index in [2.05, 4.69) is 37.1 Å². The molecule has 0 radical (unpaired) electrons. The first kappa shape index (κ1) is 12.5. The number of anilines is 1. The number of benzene rings is 1. The highest BCUT2D eigenvalue weighted by Gasteiger charge is 2.20. The maximum absolute atomic E-state index is 11.4. The van der Waals surface area contributed by atoms with Crippen molar-refractivity contribution in [3.8, 4) is 0 Å². The van der Waals surface area contributed by atoms with Crippen molar-refractivity contribution in [1.82, 2.24) is 15.1 Å². The lowest BCUT2D eigenvalue weighted by molar-refractivity contribution is -0.129. The molecule has 1 amide bonds. The SMILES string of the molecule is CC(=O)N1CCN(c2cc(Br)cc3[nH]ncc23)CC1. The Kier molecular flexibility index (Phi) is 3.18. The van der Waals surface area contributed by atoms with Crippen molar-refractivity contribution in [2.45, 2.75) is 6.92 Å². The molecular weight excluding hydrogens is 308 g/mol. The van der Waals surface area contributed by atoms with Gasteiger partial charge in [-0.25, -0.2) is 0 Å². The van der Waals surface area contributed by atoms with Crippen molar-refractivity contribution < 1.29 is 4.79 Å². The molecule has 1 aliphatic rings. The zero-order valence-corrected chi connectivity index (χ0v) is 12.3. The smallest absolute Gasteiger partial charge is 0.219 e. The monoisotopic (exact) mass is 322 g/mol. The summed E-state index contributed by atoms with van der Waals surface area (Å²) >= 11 is 3.53. The van der Waals surface area contributed by atoms with Crippen molar-refractivity contribution >= 4 is 38.4 Å². The van der Waals surface area contributed by atoms with Crippen LogP contribution in [-0.2, 0) is 4.79 Å². The zero-order chi connectivity index (χ0) is 13.4. The lowest BCUT2D eigenvalue weighted by Crippen LogP contribution is -2.48. The topological polar surface area (TPSA) is 52.2 Å². The average Bonchev–Trinajstić information content (AvgIpc) is 2.85. The lowest BCUT2D eigenvalue weighted by atomic mass is 10.2. The Labute approximate surface area is 119 Å². The molecule has 1 N–H and O–H groups in total. The number of hydrogen-bond acceptors (Lipinski definition) is 3. The molecule has 0 aliphatic carbocycles. The van der Waals surface area contributed by atoms with E-state index in [-0.39, 0.29) is 5.91 Å². The Hall–Kier alpha value is -1.56. The summed E-state index contributed by atoms with van der Waals surface area (Å²) < 4.78 is 1.04. The minimum Gasteiger partial charge on any atom is -0.367 e. The van der Waals surface area contributed by atoms with Gasteiger partial charge in [0.2, 0.25) is 5.91 Å². The van der Waals surface area contributed by atoms with Crippen LogP contribution in [0.25, 0.3) is 10.9 Å². The summed E-state index contributed by atoms with van der Waals surface area (Å²) in [4.78, 5) is 15.5. The number of carbonyl (C=O) groups is 1. The number of hydrogen-bond donors (Lipinski definition) is 1. The van der Waals surface area contributed by atoms with Gasteiger partial charge in [0.15, 0.2) is 0 Å². The third-order valence-electron chi connectivity index (χ3n) is 3.57. The van der Waals surface area contributed by atoms with E-state index in [9.17, 15) is 4.79 Å². The van der Waals surface area contributed by atoms with Crippen LogP contribution in [0.2, 0.25) is 0 Å². The number of nitrogens with zero attached hydrogens (tertiary/aromatic N) is 3. The van der Waals surface area contributed by atoms with E-state index >= 15 is 0 Å². The summed E-state index contributed by atoms with van der Waals surface area (Å²) in [5.41, 5.74) is 2.19. The third-order valence-corrected chi connectivity index (χ3v) is 4.03. The highest BCUT2D eigenvalue weighted by atomic mass is 79.9. The summed E-state index contributed by atoms with van der Waals surface area (Å²) in [6.07, 6.45) is 1.86. The molecule has 6 heteroatoms. The molecule has 1 aromatic carbocycles. The molecule has 2 heterocycles. The molecule has 1 saturated heterocycles. The summed E-state index contributed by atoms with van der Waals surface area (Å²) in [5, 5.41) is 8.22. The van der Waals surface area contributed by atoms with Gasteiger partial charge >= 0.3 is 0 Å². The summed E-state index contributed by atoms with van der Waals surface area (Å²) in [7, 11) is 0. The van der Waals surface area contributed by atoms with Crippen LogP contribution in [0.1, 0.15) is 6.92 Å². The molecular formula is C13H15BrN4O. The number of nitrogens with one attached hydrogen (secondary N) is 1. The van der Waals surface area contributed by atoms with Crippen molar-refractivity contribution in [2.75, 3.05) is 31.1 Å². The van der Waals surface area contributed by atoms with Crippen LogP contribution < -0.4 is 4.90 Å². The first-order valence-electron chi connectivity index (χ1n) is 6.28. The van der Waals surface area contributed by atoms with Crippen LogP contribution in [-0.4, -0.2) is 47.2 Å². The van der Waals surface area contributed by atoms with Crippen molar-refractivity contribution in [3.05, 3.63) is 22.8 Å². The van der Waals surface area contributed by atoms with E-state index in [4.69, 9.17) is 0 Å². The highest BCUT2D eigenvalue weighted by Crippen LogP contribution is 2.30. The van der Waals surface area contributed by atoms with Gasteiger partial charge in [-0.15, -0.1) is 0 Å². The van der Waals surface area contributed by atoms with E-state index in [0.717, 1.165) is 41.6 Å². The van der Waals surface area contributed by atoms with Crippen LogP contribution in [0.5, 0.6) is 0 Å². The van der Waals surface area contributed by atoms with Gasteiger partial charge in [0.05, 0.1) is 11.7 Å². The molecule has 0 spiro atoms.